The van der Waals surface area contributed by atoms with Crippen LogP contribution in [0.1, 0.15) is 5.56 Å². The molecule has 0 amide bonds. The minimum atomic E-state index is 0.863. The van der Waals surface area contributed by atoms with Gasteiger partial charge >= 0.3 is 0 Å². The minimum absolute atomic E-state index is 0.863. The molecule has 0 atom stereocenters. The fourth-order valence-corrected chi connectivity index (χ4v) is 6.96. The highest BCUT2D eigenvalue weighted by Crippen LogP contribution is 2.39. The number of nitrogens with one attached hydrogen (secondary N) is 1. The molecule has 0 fully saturated rings. The van der Waals surface area contributed by atoms with Gasteiger partial charge in [0.2, 0.25) is 0 Å². The van der Waals surface area contributed by atoms with Crippen LogP contribution in [0.5, 0.6) is 0 Å². The Balaban J connectivity index is 1.22. The number of rotatable bonds is 5. The Morgan fingerprint density at radius 2 is 1.04 bits per heavy atom. The van der Waals surface area contributed by atoms with Crippen molar-refractivity contribution in [2.75, 3.05) is 6.54 Å². The summed E-state index contributed by atoms with van der Waals surface area (Å²) in [5.41, 5.74) is 13.2. The molecular weight excluding hydrogens is 571 g/mol. The van der Waals surface area contributed by atoms with Gasteiger partial charge in [-0.15, -0.1) is 0 Å². The van der Waals surface area contributed by atoms with Crippen LogP contribution in [-0.2, 0) is 0 Å². The number of allylic oxidation sites excluding steroid dienone is 2. The molecule has 3 heteroatoms. The van der Waals surface area contributed by atoms with Gasteiger partial charge in [0.25, 0.3) is 0 Å². The Labute approximate surface area is 273 Å². The van der Waals surface area contributed by atoms with Crippen molar-refractivity contribution >= 4 is 38.2 Å². The SMILES string of the molecule is C1=CC(c2ccc(-c3ccc4c5ccc(-c6ccc(-c7ccncc7)cc6)cc5n(-c5cccc6ccccc56)c4c3)cc2)=CCN1. The molecular formula is C44H31N3. The third kappa shape index (κ3) is 4.81. The second kappa shape index (κ2) is 11.3. The quantitative estimate of drug-likeness (QED) is 0.213. The zero-order valence-corrected chi connectivity index (χ0v) is 25.8. The van der Waals surface area contributed by atoms with Crippen LogP contribution in [0.15, 0.2) is 170 Å². The van der Waals surface area contributed by atoms with E-state index in [1.807, 2.05) is 18.6 Å². The summed E-state index contributed by atoms with van der Waals surface area (Å²) in [6, 6.07) is 51.0. The summed E-state index contributed by atoms with van der Waals surface area (Å²) in [5.74, 6) is 0. The lowest BCUT2D eigenvalue weighted by atomic mass is 9.98. The standard InChI is InChI=1S/C44H31N3/c1-2-6-39-36(4-1)5-3-7-42(39)47-43-28-37(32-12-8-30(9-13-32)34-20-24-45-25-21-34)16-18-40(43)41-19-17-38(29-44(41)47)33-14-10-31(11-15-33)35-22-26-46-27-23-35/h1-26,28-29,46H,27H2. The van der Waals surface area contributed by atoms with Gasteiger partial charge in [-0.2, -0.15) is 0 Å². The van der Waals surface area contributed by atoms with E-state index in [4.69, 9.17) is 0 Å². The molecule has 0 bridgehead atoms. The van der Waals surface area contributed by atoms with Crippen molar-refractivity contribution in [3.63, 3.8) is 0 Å². The predicted octanol–water partition coefficient (Wildman–Crippen LogP) is 10.8. The number of aromatic nitrogens is 2. The molecule has 1 aliphatic heterocycles. The molecule has 47 heavy (non-hydrogen) atoms. The van der Waals surface area contributed by atoms with Crippen molar-refractivity contribution in [1.82, 2.24) is 14.9 Å². The molecule has 2 aromatic heterocycles. The van der Waals surface area contributed by atoms with Gasteiger partial charge in [0, 0.05) is 35.1 Å². The predicted molar refractivity (Wildman–Crippen MR) is 198 cm³/mol. The Morgan fingerprint density at radius 1 is 0.489 bits per heavy atom. The van der Waals surface area contributed by atoms with Crippen molar-refractivity contribution in [2.24, 2.45) is 0 Å². The highest BCUT2D eigenvalue weighted by molar-refractivity contribution is 6.12. The first-order chi connectivity index (χ1) is 23.3. The molecule has 0 saturated carbocycles. The molecule has 3 nitrogen and oxygen atoms in total. The van der Waals surface area contributed by atoms with E-state index in [1.54, 1.807) is 0 Å². The molecule has 0 saturated heterocycles. The summed E-state index contributed by atoms with van der Waals surface area (Å²) < 4.78 is 2.46. The Hall–Kier alpha value is -6.19. The zero-order chi connectivity index (χ0) is 31.2. The van der Waals surface area contributed by atoms with Crippen molar-refractivity contribution in [1.29, 1.82) is 0 Å². The smallest absolute Gasteiger partial charge is 0.0547 e. The Morgan fingerprint density at radius 3 is 1.68 bits per heavy atom. The molecule has 3 heterocycles. The van der Waals surface area contributed by atoms with Gasteiger partial charge < -0.3 is 9.88 Å². The highest BCUT2D eigenvalue weighted by atomic mass is 15.0. The molecule has 222 valence electrons. The summed E-state index contributed by atoms with van der Waals surface area (Å²) in [6.45, 7) is 0.863. The van der Waals surface area contributed by atoms with Crippen LogP contribution in [0.4, 0.5) is 0 Å². The van der Waals surface area contributed by atoms with E-state index in [9.17, 15) is 0 Å². The van der Waals surface area contributed by atoms with Gasteiger partial charge in [-0.3, -0.25) is 4.98 Å². The van der Waals surface area contributed by atoms with Gasteiger partial charge in [-0.1, -0.05) is 115 Å². The lowest BCUT2D eigenvalue weighted by molar-refractivity contribution is 0.976. The zero-order valence-electron chi connectivity index (χ0n) is 25.8. The molecule has 8 aromatic rings. The van der Waals surface area contributed by atoms with E-state index in [1.165, 1.54) is 82.8 Å². The maximum atomic E-state index is 4.17. The van der Waals surface area contributed by atoms with E-state index in [0.29, 0.717) is 0 Å². The van der Waals surface area contributed by atoms with E-state index in [0.717, 1.165) is 6.54 Å². The third-order valence-electron chi connectivity index (χ3n) is 9.38. The normalized spacial score (nSPS) is 12.8. The van der Waals surface area contributed by atoms with E-state index in [-0.39, 0.29) is 0 Å². The van der Waals surface area contributed by atoms with Gasteiger partial charge in [0.1, 0.15) is 0 Å². The fourth-order valence-electron chi connectivity index (χ4n) is 6.96. The molecule has 0 unspecified atom stereocenters. The van der Waals surface area contributed by atoms with E-state index < -0.39 is 0 Å². The van der Waals surface area contributed by atoms with Crippen LogP contribution in [0.25, 0.3) is 77.2 Å². The monoisotopic (exact) mass is 601 g/mol. The molecule has 0 radical (unpaired) electrons. The third-order valence-corrected chi connectivity index (χ3v) is 9.38. The summed E-state index contributed by atoms with van der Waals surface area (Å²) in [4.78, 5) is 4.17. The molecule has 1 N–H and O–H groups in total. The average molecular weight is 602 g/mol. The minimum Gasteiger partial charge on any atom is -0.387 e. The first kappa shape index (κ1) is 27.1. The van der Waals surface area contributed by atoms with Gasteiger partial charge in [0.15, 0.2) is 0 Å². The average Bonchev–Trinajstić information content (AvgIpc) is 3.48. The first-order valence-electron chi connectivity index (χ1n) is 16.1. The van der Waals surface area contributed by atoms with Gasteiger partial charge in [-0.05, 0) is 92.5 Å². The van der Waals surface area contributed by atoms with Crippen molar-refractivity contribution in [3.05, 3.63) is 176 Å². The Bertz CT molecular complexity index is 2480. The first-order valence-corrected chi connectivity index (χ1v) is 16.1. The fraction of sp³-hybridized carbons (Fsp3) is 0.0227. The number of nitrogens with zero attached hydrogens (tertiary/aromatic N) is 2. The van der Waals surface area contributed by atoms with Crippen LogP contribution in [-0.4, -0.2) is 16.1 Å². The van der Waals surface area contributed by atoms with Crippen LogP contribution in [0.2, 0.25) is 0 Å². The number of hydrogen-bond donors (Lipinski definition) is 1. The van der Waals surface area contributed by atoms with Crippen molar-refractivity contribution in [2.45, 2.75) is 0 Å². The largest absolute Gasteiger partial charge is 0.387 e. The molecule has 0 aliphatic carbocycles. The highest BCUT2D eigenvalue weighted by Gasteiger charge is 2.16. The maximum absolute atomic E-state index is 4.17. The van der Waals surface area contributed by atoms with Crippen LogP contribution in [0.3, 0.4) is 0 Å². The number of pyridine rings is 1. The van der Waals surface area contributed by atoms with E-state index >= 15 is 0 Å². The molecule has 9 rings (SSSR count). The summed E-state index contributed by atoms with van der Waals surface area (Å²) in [5, 5.41) is 8.20. The van der Waals surface area contributed by atoms with Crippen molar-refractivity contribution < 1.29 is 0 Å². The second-order valence-corrected chi connectivity index (χ2v) is 12.1. The molecule has 0 spiro atoms. The van der Waals surface area contributed by atoms with Crippen LogP contribution in [0, 0.1) is 0 Å². The summed E-state index contributed by atoms with van der Waals surface area (Å²) in [7, 11) is 0. The number of fused-ring (bicyclic) bond motifs is 4. The summed E-state index contributed by atoms with van der Waals surface area (Å²) >= 11 is 0. The van der Waals surface area contributed by atoms with Crippen LogP contribution >= 0.6 is 0 Å². The van der Waals surface area contributed by atoms with Crippen LogP contribution < -0.4 is 5.32 Å². The number of benzene rings is 6. The molecule has 6 aromatic carbocycles. The lowest BCUT2D eigenvalue weighted by Gasteiger charge is -2.13. The maximum Gasteiger partial charge on any atom is 0.0547 e. The van der Waals surface area contributed by atoms with Gasteiger partial charge in [-0.25, -0.2) is 0 Å². The number of dihydropyridines is 1. The van der Waals surface area contributed by atoms with Crippen molar-refractivity contribution in [3.8, 4) is 39.1 Å². The summed E-state index contributed by atoms with van der Waals surface area (Å²) in [6.07, 6.45) is 10.1. The topological polar surface area (TPSA) is 29.9 Å². The Kier molecular flexibility index (Phi) is 6.53. The second-order valence-electron chi connectivity index (χ2n) is 12.1. The van der Waals surface area contributed by atoms with E-state index in [2.05, 4.69) is 167 Å². The van der Waals surface area contributed by atoms with Gasteiger partial charge in [0.05, 0.1) is 16.7 Å². The molecule has 1 aliphatic rings. The number of hydrogen-bond acceptors (Lipinski definition) is 2. The lowest BCUT2D eigenvalue weighted by Crippen LogP contribution is -2.08.